The van der Waals surface area contributed by atoms with Gasteiger partial charge >= 0.3 is 0 Å². The van der Waals surface area contributed by atoms with Crippen LogP contribution in [0.25, 0.3) is 0 Å². The fourth-order valence-electron chi connectivity index (χ4n) is 2.14. The van der Waals surface area contributed by atoms with E-state index >= 15 is 0 Å². The highest BCUT2D eigenvalue weighted by Crippen LogP contribution is 2.25. The van der Waals surface area contributed by atoms with Gasteiger partial charge in [-0.05, 0) is 53.0 Å². The van der Waals surface area contributed by atoms with Crippen LogP contribution in [-0.2, 0) is 0 Å². The van der Waals surface area contributed by atoms with Gasteiger partial charge in [-0.3, -0.25) is 0 Å². The molecule has 0 bridgehead atoms. The lowest BCUT2D eigenvalue weighted by molar-refractivity contribution is 0.264. The maximum atomic E-state index is 2.51. The minimum Gasteiger partial charge on any atom is -0.372 e. The second-order valence-electron chi connectivity index (χ2n) is 4.72. The Morgan fingerprint density at radius 1 is 1.36 bits per heavy atom. The van der Waals surface area contributed by atoms with Gasteiger partial charge in [-0.2, -0.15) is 0 Å². The predicted octanol–water partition coefficient (Wildman–Crippen LogP) is 3.73. The summed E-state index contributed by atoms with van der Waals surface area (Å²) in [7, 11) is 0. The molecule has 1 nitrogen and oxygen atoms in total. The number of nitrogens with zero attached hydrogens (tertiary/aromatic N) is 1. The van der Waals surface area contributed by atoms with Crippen molar-refractivity contribution in [2.45, 2.75) is 53.5 Å². The molecule has 1 heterocycles. The molecule has 0 aliphatic carbocycles. The quantitative estimate of drug-likeness (QED) is 0.646. The van der Waals surface area contributed by atoms with E-state index in [1.165, 1.54) is 36.2 Å². The van der Waals surface area contributed by atoms with E-state index in [1.807, 2.05) is 0 Å². The van der Waals surface area contributed by atoms with Crippen LogP contribution < -0.4 is 0 Å². The van der Waals surface area contributed by atoms with Crippen molar-refractivity contribution in [3.63, 3.8) is 0 Å². The third-order valence-corrected chi connectivity index (χ3v) is 2.83. The van der Waals surface area contributed by atoms with Crippen LogP contribution >= 0.6 is 0 Å². The van der Waals surface area contributed by atoms with Crippen molar-refractivity contribution in [2.75, 3.05) is 6.54 Å². The van der Waals surface area contributed by atoms with E-state index in [4.69, 9.17) is 0 Å². The smallest absolute Gasteiger partial charge is 0.0230 e. The van der Waals surface area contributed by atoms with E-state index in [2.05, 4.69) is 45.6 Å². The van der Waals surface area contributed by atoms with Gasteiger partial charge in [-0.15, -0.1) is 0 Å². The Hall–Kier alpha value is -0.720. The first-order valence-electron chi connectivity index (χ1n) is 5.63. The fourth-order valence-corrected chi connectivity index (χ4v) is 2.14. The van der Waals surface area contributed by atoms with Crippen molar-refractivity contribution < 1.29 is 0 Å². The lowest BCUT2D eigenvalue weighted by atomic mass is 9.99. The topological polar surface area (TPSA) is 3.24 Å². The average Bonchev–Trinajstić information content (AvgIpc) is 2.07. The number of hydrogen-bond acceptors (Lipinski definition) is 1. The third-order valence-electron chi connectivity index (χ3n) is 2.83. The molecule has 0 spiro atoms. The summed E-state index contributed by atoms with van der Waals surface area (Å²) in [6.45, 7) is 12.4. The van der Waals surface area contributed by atoms with E-state index in [1.54, 1.807) is 0 Å². The zero-order valence-corrected chi connectivity index (χ0v) is 10.2. The average molecular weight is 193 g/mol. The molecule has 14 heavy (non-hydrogen) atoms. The summed E-state index contributed by atoms with van der Waals surface area (Å²) in [5, 5.41) is 0. The molecule has 0 radical (unpaired) electrons. The molecule has 0 saturated carbocycles. The molecule has 0 aromatic rings. The van der Waals surface area contributed by atoms with Gasteiger partial charge in [0.15, 0.2) is 0 Å². The Morgan fingerprint density at radius 3 is 2.50 bits per heavy atom. The van der Waals surface area contributed by atoms with Gasteiger partial charge in [0, 0.05) is 18.3 Å². The molecule has 0 aromatic heterocycles. The Morgan fingerprint density at radius 2 is 2.00 bits per heavy atom. The largest absolute Gasteiger partial charge is 0.372 e. The van der Waals surface area contributed by atoms with E-state index in [-0.39, 0.29) is 0 Å². The summed E-state index contributed by atoms with van der Waals surface area (Å²) in [6, 6.07) is 0.635. The van der Waals surface area contributed by atoms with Gasteiger partial charge < -0.3 is 4.90 Å². The molecule has 0 unspecified atom stereocenters. The Balaban J connectivity index is 2.91. The lowest BCUT2D eigenvalue weighted by Crippen LogP contribution is -2.33. The Labute approximate surface area is 88.5 Å². The van der Waals surface area contributed by atoms with Crippen LogP contribution in [0.5, 0.6) is 0 Å². The van der Waals surface area contributed by atoms with Gasteiger partial charge in [-0.1, -0.05) is 11.6 Å². The van der Waals surface area contributed by atoms with E-state index in [0.717, 1.165) is 0 Å². The van der Waals surface area contributed by atoms with Crippen LogP contribution in [0.3, 0.4) is 0 Å². The molecule has 1 heteroatoms. The van der Waals surface area contributed by atoms with Crippen LogP contribution in [0.15, 0.2) is 22.9 Å². The normalized spacial score (nSPS) is 17.7. The highest BCUT2D eigenvalue weighted by atomic mass is 15.2. The van der Waals surface area contributed by atoms with Crippen LogP contribution in [0, 0.1) is 0 Å². The zero-order chi connectivity index (χ0) is 10.7. The van der Waals surface area contributed by atoms with Crippen molar-refractivity contribution in [1.82, 2.24) is 4.90 Å². The molecule has 0 amide bonds. The highest BCUT2D eigenvalue weighted by Gasteiger charge is 2.17. The van der Waals surface area contributed by atoms with Gasteiger partial charge in [0.1, 0.15) is 0 Å². The number of rotatable bonds is 2. The fraction of sp³-hybridized carbons (Fsp3) is 0.692. The molecule has 0 fully saturated rings. The van der Waals surface area contributed by atoms with Gasteiger partial charge in [0.25, 0.3) is 0 Å². The van der Waals surface area contributed by atoms with E-state index < -0.39 is 0 Å². The molecule has 1 aliphatic rings. The molecular formula is C13H23N. The summed E-state index contributed by atoms with van der Waals surface area (Å²) in [5.74, 6) is 0. The second kappa shape index (κ2) is 4.68. The minimum atomic E-state index is 0.635. The summed E-state index contributed by atoms with van der Waals surface area (Å²) in [4.78, 5) is 2.51. The summed E-state index contributed by atoms with van der Waals surface area (Å²) in [5.41, 5.74) is 4.42. The van der Waals surface area contributed by atoms with Crippen molar-refractivity contribution in [2.24, 2.45) is 0 Å². The molecule has 1 aliphatic heterocycles. The molecule has 80 valence electrons. The van der Waals surface area contributed by atoms with Gasteiger partial charge in [0.05, 0.1) is 0 Å². The van der Waals surface area contributed by atoms with Crippen LogP contribution in [0.4, 0.5) is 0 Å². The standard InChI is InChI=1S/C13H23N/c1-10(2)9-13-7-6-8-14(11(3)4)12(13)5/h9,11H,6-8H2,1-5H3. The first-order chi connectivity index (χ1) is 6.52. The SMILES string of the molecule is CC(C)=CC1=C(C)N(C(C)C)CCC1. The van der Waals surface area contributed by atoms with Crippen molar-refractivity contribution in [3.8, 4) is 0 Å². The molecule has 0 saturated heterocycles. The van der Waals surface area contributed by atoms with Crippen LogP contribution in [-0.4, -0.2) is 17.5 Å². The maximum Gasteiger partial charge on any atom is 0.0230 e. The molecule has 0 aromatic carbocycles. The minimum absolute atomic E-state index is 0.635. The third kappa shape index (κ3) is 2.63. The zero-order valence-electron chi connectivity index (χ0n) is 10.2. The number of allylic oxidation sites excluding steroid dienone is 4. The van der Waals surface area contributed by atoms with Crippen LogP contribution in [0.1, 0.15) is 47.5 Å². The van der Waals surface area contributed by atoms with Crippen LogP contribution in [0.2, 0.25) is 0 Å². The van der Waals surface area contributed by atoms with Crippen molar-refractivity contribution in [3.05, 3.63) is 22.9 Å². The molecule has 1 rings (SSSR count). The highest BCUT2D eigenvalue weighted by molar-refractivity contribution is 5.28. The Bertz CT molecular complexity index is 254. The number of hydrogen-bond donors (Lipinski definition) is 0. The monoisotopic (exact) mass is 193 g/mol. The van der Waals surface area contributed by atoms with Gasteiger partial charge in [-0.25, -0.2) is 0 Å². The van der Waals surface area contributed by atoms with E-state index in [0.29, 0.717) is 6.04 Å². The summed E-state index contributed by atoms with van der Waals surface area (Å²) in [6.07, 6.45) is 4.89. The predicted molar refractivity (Wildman–Crippen MR) is 63.2 cm³/mol. The molecule has 0 atom stereocenters. The first-order valence-corrected chi connectivity index (χ1v) is 5.63. The lowest BCUT2D eigenvalue weighted by Gasteiger charge is -2.35. The van der Waals surface area contributed by atoms with Crippen molar-refractivity contribution >= 4 is 0 Å². The maximum absolute atomic E-state index is 2.51. The van der Waals surface area contributed by atoms with Gasteiger partial charge in [0.2, 0.25) is 0 Å². The summed E-state index contributed by atoms with van der Waals surface area (Å²) < 4.78 is 0. The molecule has 0 N–H and O–H groups in total. The second-order valence-corrected chi connectivity index (χ2v) is 4.72. The van der Waals surface area contributed by atoms with Crippen molar-refractivity contribution in [1.29, 1.82) is 0 Å². The molecular weight excluding hydrogens is 170 g/mol. The Kier molecular flexibility index (Phi) is 3.79. The summed E-state index contributed by atoms with van der Waals surface area (Å²) >= 11 is 0. The van der Waals surface area contributed by atoms with E-state index in [9.17, 15) is 0 Å². The first kappa shape index (κ1) is 11.4.